The van der Waals surface area contributed by atoms with Gasteiger partial charge in [0.25, 0.3) is 5.91 Å². The summed E-state index contributed by atoms with van der Waals surface area (Å²) in [5.41, 5.74) is 1.70. The summed E-state index contributed by atoms with van der Waals surface area (Å²) in [7, 11) is 3.95. The fourth-order valence-corrected chi connectivity index (χ4v) is 3.34. The van der Waals surface area contributed by atoms with Crippen molar-refractivity contribution in [2.45, 2.75) is 25.3 Å². The molecule has 1 fully saturated rings. The average molecular weight is 341 g/mol. The topological polar surface area (TPSA) is 48.7 Å². The van der Waals surface area contributed by atoms with Crippen molar-refractivity contribution in [3.8, 4) is 0 Å². The lowest BCUT2D eigenvalue weighted by Gasteiger charge is -2.33. The van der Waals surface area contributed by atoms with Crippen LogP contribution < -0.4 is 10.2 Å². The molecule has 0 aliphatic carbocycles. The molecule has 134 valence electrons. The van der Waals surface area contributed by atoms with Crippen LogP contribution in [0.25, 0.3) is 0 Å². The van der Waals surface area contributed by atoms with E-state index in [1.54, 1.807) is 6.26 Å². The molecule has 1 amide bonds. The molecule has 0 radical (unpaired) electrons. The van der Waals surface area contributed by atoms with Gasteiger partial charge < -0.3 is 14.6 Å². The number of benzene rings is 1. The number of carbonyl (C=O) groups is 1. The molecular weight excluding hydrogens is 314 g/mol. The summed E-state index contributed by atoms with van der Waals surface area (Å²) >= 11 is 0. The molecule has 1 aliphatic heterocycles. The fraction of sp³-hybridized carbons (Fsp3) is 0.450. The third kappa shape index (κ3) is 4.42. The maximum absolute atomic E-state index is 12.6. The van der Waals surface area contributed by atoms with E-state index in [-0.39, 0.29) is 11.9 Å². The number of piperidine rings is 1. The Kier molecular flexibility index (Phi) is 5.76. The number of likely N-dealkylation sites (tertiary alicyclic amines) is 1. The van der Waals surface area contributed by atoms with Gasteiger partial charge >= 0.3 is 0 Å². The van der Waals surface area contributed by atoms with Gasteiger partial charge in [-0.2, -0.15) is 0 Å². The van der Waals surface area contributed by atoms with Gasteiger partial charge in [0.15, 0.2) is 0 Å². The number of nitrogens with one attached hydrogen (secondary N) is 1. The number of rotatable bonds is 6. The van der Waals surface area contributed by atoms with Gasteiger partial charge in [0.1, 0.15) is 5.76 Å². The van der Waals surface area contributed by atoms with Crippen LogP contribution in [-0.4, -0.2) is 44.5 Å². The molecule has 0 unspecified atom stereocenters. The van der Waals surface area contributed by atoms with Gasteiger partial charge in [-0.05, 0) is 56.3 Å². The summed E-state index contributed by atoms with van der Waals surface area (Å²) < 4.78 is 5.64. The van der Waals surface area contributed by atoms with Crippen molar-refractivity contribution in [3.63, 3.8) is 0 Å². The van der Waals surface area contributed by atoms with E-state index in [1.807, 2.05) is 55.4 Å². The first kappa shape index (κ1) is 17.5. The van der Waals surface area contributed by atoms with E-state index in [4.69, 9.17) is 4.42 Å². The summed E-state index contributed by atoms with van der Waals surface area (Å²) in [6.07, 6.45) is 5.39. The second-order valence-electron chi connectivity index (χ2n) is 6.78. The molecule has 5 nitrogen and oxygen atoms in total. The Morgan fingerprint density at radius 2 is 2.00 bits per heavy atom. The van der Waals surface area contributed by atoms with E-state index < -0.39 is 0 Å². The van der Waals surface area contributed by atoms with Crippen molar-refractivity contribution in [1.82, 2.24) is 10.2 Å². The minimum atomic E-state index is -0.0442. The second kappa shape index (κ2) is 8.21. The molecule has 0 bridgehead atoms. The number of nitrogens with zero attached hydrogens (tertiary/aromatic N) is 2. The van der Waals surface area contributed by atoms with E-state index in [1.165, 1.54) is 19.3 Å². The summed E-state index contributed by atoms with van der Waals surface area (Å²) in [5, 5.41) is 3.09. The number of amides is 1. The zero-order valence-electron chi connectivity index (χ0n) is 15.1. The molecule has 1 aromatic heterocycles. The Morgan fingerprint density at radius 3 is 2.68 bits per heavy atom. The van der Waals surface area contributed by atoms with Crippen molar-refractivity contribution in [2.75, 3.05) is 38.6 Å². The van der Waals surface area contributed by atoms with Crippen molar-refractivity contribution >= 4 is 11.6 Å². The van der Waals surface area contributed by atoms with Gasteiger partial charge in [0.05, 0.1) is 12.3 Å². The maximum atomic E-state index is 12.6. The lowest BCUT2D eigenvalue weighted by Crippen LogP contribution is -2.40. The van der Waals surface area contributed by atoms with Gasteiger partial charge in [0, 0.05) is 31.9 Å². The van der Waals surface area contributed by atoms with Crippen LogP contribution >= 0.6 is 0 Å². The normalized spacial score (nSPS) is 16.4. The van der Waals surface area contributed by atoms with Gasteiger partial charge in [0.2, 0.25) is 0 Å². The highest BCUT2D eigenvalue weighted by Gasteiger charge is 2.25. The highest BCUT2D eigenvalue weighted by Crippen LogP contribution is 2.24. The highest BCUT2D eigenvalue weighted by atomic mass is 16.3. The molecule has 0 spiro atoms. The summed E-state index contributed by atoms with van der Waals surface area (Å²) in [6, 6.07) is 11.7. The molecule has 3 rings (SSSR count). The first-order valence-corrected chi connectivity index (χ1v) is 8.98. The number of furan rings is 1. The van der Waals surface area contributed by atoms with Crippen LogP contribution in [0.1, 0.15) is 41.4 Å². The van der Waals surface area contributed by atoms with Crippen molar-refractivity contribution in [3.05, 3.63) is 54.0 Å². The average Bonchev–Trinajstić information content (AvgIpc) is 3.17. The molecule has 2 heterocycles. The first-order valence-electron chi connectivity index (χ1n) is 8.98. The van der Waals surface area contributed by atoms with Crippen LogP contribution in [0.15, 0.2) is 47.1 Å². The van der Waals surface area contributed by atoms with Crippen molar-refractivity contribution in [1.29, 1.82) is 0 Å². The monoisotopic (exact) mass is 341 g/mol. The van der Waals surface area contributed by atoms with Gasteiger partial charge in [-0.15, -0.1) is 0 Å². The second-order valence-corrected chi connectivity index (χ2v) is 6.78. The lowest BCUT2D eigenvalue weighted by atomic mass is 10.1. The van der Waals surface area contributed by atoms with Crippen LogP contribution in [0, 0.1) is 0 Å². The minimum absolute atomic E-state index is 0.0442. The Hall–Kier alpha value is -2.27. The van der Waals surface area contributed by atoms with E-state index in [0.29, 0.717) is 12.1 Å². The summed E-state index contributed by atoms with van der Waals surface area (Å²) in [6.45, 7) is 2.66. The van der Waals surface area contributed by atoms with E-state index in [0.717, 1.165) is 24.5 Å². The van der Waals surface area contributed by atoms with Crippen LogP contribution in [0.4, 0.5) is 5.69 Å². The van der Waals surface area contributed by atoms with E-state index in [9.17, 15) is 4.79 Å². The summed E-state index contributed by atoms with van der Waals surface area (Å²) in [5.74, 6) is 0.876. The molecule has 1 aliphatic rings. The first-order chi connectivity index (χ1) is 12.1. The number of hydrogen-bond donors (Lipinski definition) is 1. The molecule has 25 heavy (non-hydrogen) atoms. The number of carbonyl (C=O) groups excluding carboxylic acids is 1. The molecule has 1 saturated heterocycles. The quantitative estimate of drug-likeness (QED) is 0.876. The minimum Gasteiger partial charge on any atom is -0.468 e. The highest BCUT2D eigenvalue weighted by molar-refractivity contribution is 5.95. The standard InChI is InChI=1S/C20H27N3O2/c1-22(2)17-9-6-8-16(14-17)20(24)21-15-18(19-10-7-13-25-19)23-11-4-3-5-12-23/h6-10,13-14,18H,3-5,11-12,15H2,1-2H3,(H,21,24)/t18-/m1/s1. The number of anilines is 1. The molecule has 5 heteroatoms. The van der Waals surface area contributed by atoms with Crippen LogP contribution in [0.2, 0.25) is 0 Å². The van der Waals surface area contributed by atoms with Crippen molar-refractivity contribution < 1.29 is 9.21 Å². The van der Waals surface area contributed by atoms with Crippen LogP contribution in [0.3, 0.4) is 0 Å². The Morgan fingerprint density at radius 1 is 1.20 bits per heavy atom. The van der Waals surface area contributed by atoms with Crippen LogP contribution in [-0.2, 0) is 0 Å². The zero-order chi connectivity index (χ0) is 17.6. The number of hydrogen-bond acceptors (Lipinski definition) is 4. The Balaban J connectivity index is 1.68. The third-order valence-corrected chi connectivity index (χ3v) is 4.78. The maximum Gasteiger partial charge on any atom is 0.251 e. The van der Waals surface area contributed by atoms with E-state index in [2.05, 4.69) is 10.2 Å². The molecule has 1 N–H and O–H groups in total. The van der Waals surface area contributed by atoms with Gasteiger partial charge in [-0.25, -0.2) is 0 Å². The molecule has 1 aromatic carbocycles. The Bertz CT molecular complexity index is 676. The molecular formula is C20H27N3O2. The van der Waals surface area contributed by atoms with Gasteiger partial charge in [-0.1, -0.05) is 12.5 Å². The summed E-state index contributed by atoms with van der Waals surface area (Å²) in [4.78, 5) is 17.0. The SMILES string of the molecule is CN(C)c1cccc(C(=O)NC[C@H](c2ccco2)N2CCCCC2)c1. The smallest absolute Gasteiger partial charge is 0.251 e. The predicted octanol–water partition coefficient (Wildman–Crippen LogP) is 3.30. The third-order valence-electron chi connectivity index (χ3n) is 4.78. The Labute approximate surface area is 149 Å². The molecule has 2 aromatic rings. The molecule has 1 atom stereocenters. The lowest BCUT2D eigenvalue weighted by molar-refractivity contribution is 0.0914. The fourth-order valence-electron chi connectivity index (χ4n) is 3.34. The molecule has 0 saturated carbocycles. The predicted molar refractivity (Wildman–Crippen MR) is 100.0 cm³/mol. The largest absolute Gasteiger partial charge is 0.468 e. The zero-order valence-corrected chi connectivity index (χ0v) is 15.1. The van der Waals surface area contributed by atoms with Crippen LogP contribution in [0.5, 0.6) is 0 Å². The van der Waals surface area contributed by atoms with Gasteiger partial charge in [-0.3, -0.25) is 9.69 Å². The van der Waals surface area contributed by atoms with Crippen molar-refractivity contribution in [2.24, 2.45) is 0 Å². The van der Waals surface area contributed by atoms with E-state index >= 15 is 0 Å².